The van der Waals surface area contributed by atoms with E-state index in [1.54, 1.807) is 17.0 Å². The molecule has 0 unspecified atom stereocenters. The Bertz CT molecular complexity index is 666. The van der Waals surface area contributed by atoms with Crippen LogP contribution >= 0.6 is 0 Å². The van der Waals surface area contributed by atoms with Crippen LogP contribution in [0.2, 0.25) is 0 Å². The first kappa shape index (κ1) is 21.1. The van der Waals surface area contributed by atoms with Crippen molar-refractivity contribution in [2.75, 3.05) is 19.6 Å². The number of carbonyl (C=O) groups excluding carboxylic acids is 2. The number of rotatable bonds is 10. The molecule has 0 aliphatic carbocycles. The molecule has 0 atom stereocenters. The Kier molecular flexibility index (Phi) is 8.57. The average molecular weight is 369 g/mol. The number of hydrogen-bond acceptors (Lipinski definition) is 4. The van der Waals surface area contributed by atoms with Gasteiger partial charge in [-0.3, -0.25) is 9.59 Å². The molecule has 0 aromatic heterocycles. The quantitative estimate of drug-likeness (QED) is 0.600. The second-order valence-corrected chi connectivity index (χ2v) is 7.41. The van der Waals surface area contributed by atoms with Crippen LogP contribution in [0.15, 0.2) is 29.2 Å². The van der Waals surface area contributed by atoms with Crippen molar-refractivity contribution in [1.82, 2.24) is 10.2 Å². The number of sulfonamides is 1. The summed E-state index contributed by atoms with van der Waals surface area (Å²) >= 11 is 0. The Morgan fingerprint density at radius 1 is 1.08 bits per heavy atom. The molecule has 0 heterocycles. The largest absolute Gasteiger partial charge is 0.355 e. The van der Waals surface area contributed by atoms with Gasteiger partial charge in [0.15, 0.2) is 0 Å². The zero-order chi connectivity index (χ0) is 18.9. The molecule has 0 saturated heterocycles. The van der Waals surface area contributed by atoms with E-state index in [0.717, 1.165) is 18.4 Å². The van der Waals surface area contributed by atoms with E-state index in [2.05, 4.69) is 5.32 Å². The summed E-state index contributed by atoms with van der Waals surface area (Å²) in [6.45, 7) is 5.70. The van der Waals surface area contributed by atoms with E-state index in [-0.39, 0.29) is 23.1 Å². The van der Waals surface area contributed by atoms with Gasteiger partial charge in [0.1, 0.15) is 6.42 Å². The summed E-state index contributed by atoms with van der Waals surface area (Å²) in [5.41, 5.74) is 0.873. The molecule has 0 bridgehead atoms. The number of nitrogens with two attached hydrogens (primary N) is 1. The molecule has 0 radical (unpaired) electrons. The van der Waals surface area contributed by atoms with Crippen LogP contribution in [-0.4, -0.2) is 44.8 Å². The fourth-order valence-corrected chi connectivity index (χ4v) is 2.92. The molecule has 8 heteroatoms. The maximum absolute atomic E-state index is 12.1. The van der Waals surface area contributed by atoms with Gasteiger partial charge in [-0.05, 0) is 37.0 Å². The van der Waals surface area contributed by atoms with Crippen LogP contribution < -0.4 is 10.5 Å². The third-order valence-electron chi connectivity index (χ3n) is 3.64. The van der Waals surface area contributed by atoms with Gasteiger partial charge in [0, 0.05) is 19.6 Å². The highest BCUT2D eigenvalue weighted by molar-refractivity contribution is 7.89. The highest BCUT2D eigenvalue weighted by atomic mass is 32.2. The lowest BCUT2D eigenvalue weighted by Crippen LogP contribution is -2.37. The maximum atomic E-state index is 12.1. The van der Waals surface area contributed by atoms with Crippen molar-refractivity contribution >= 4 is 21.8 Å². The summed E-state index contributed by atoms with van der Waals surface area (Å²) in [4.78, 5) is 25.7. The summed E-state index contributed by atoms with van der Waals surface area (Å²) in [6, 6.07) is 6.18. The van der Waals surface area contributed by atoms with Gasteiger partial charge in [0.2, 0.25) is 21.8 Å². The van der Waals surface area contributed by atoms with Crippen molar-refractivity contribution in [2.45, 2.75) is 44.4 Å². The number of benzene rings is 1. The van der Waals surface area contributed by atoms with Gasteiger partial charge in [0.05, 0.1) is 4.90 Å². The van der Waals surface area contributed by atoms with Gasteiger partial charge in [-0.15, -0.1) is 0 Å². The molecule has 1 rings (SSSR count). The molecule has 0 aliphatic rings. The second-order valence-electron chi connectivity index (χ2n) is 5.85. The van der Waals surface area contributed by atoms with E-state index in [0.29, 0.717) is 26.1 Å². The Hall–Kier alpha value is -1.93. The molecule has 3 N–H and O–H groups in total. The van der Waals surface area contributed by atoms with Gasteiger partial charge in [-0.1, -0.05) is 26.0 Å². The van der Waals surface area contributed by atoms with E-state index >= 15 is 0 Å². The highest BCUT2D eigenvalue weighted by Gasteiger charge is 2.15. The molecule has 1 aromatic carbocycles. The predicted octanol–water partition coefficient (Wildman–Crippen LogP) is 1.03. The average Bonchev–Trinajstić information content (AvgIpc) is 2.54. The van der Waals surface area contributed by atoms with Crippen LogP contribution in [0, 0.1) is 0 Å². The lowest BCUT2D eigenvalue weighted by atomic mass is 10.1. The minimum atomic E-state index is -3.70. The molecule has 0 aliphatic heterocycles. The maximum Gasteiger partial charge on any atom is 0.238 e. The molecule has 2 amide bonds. The number of hydrogen-bond donors (Lipinski definition) is 2. The number of amides is 2. The standard InChI is InChI=1S/C17H27N3O4S/c1-3-11-20(12-4-2)17(22)13-16(21)19-10-9-14-5-7-15(8-6-14)25(18,23)24/h5-8H,3-4,9-13H2,1-2H3,(H,19,21)(H2,18,23,24). The molecule has 140 valence electrons. The van der Waals surface area contributed by atoms with Crippen LogP contribution in [0.5, 0.6) is 0 Å². The lowest BCUT2D eigenvalue weighted by Gasteiger charge is -2.21. The number of nitrogens with zero attached hydrogens (tertiary/aromatic N) is 1. The fourth-order valence-electron chi connectivity index (χ4n) is 2.40. The van der Waals surface area contributed by atoms with E-state index in [1.807, 2.05) is 13.8 Å². The topological polar surface area (TPSA) is 110 Å². The van der Waals surface area contributed by atoms with E-state index in [4.69, 9.17) is 5.14 Å². The van der Waals surface area contributed by atoms with Crippen molar-refractivity contribution in [3.05, 3.63) is 29.8 Å². The van der Waals surface area contributed by atoms with Crippen LogP contribution in [-0.2, 0) is 26.0 Å². The minimum Gasteiger partial charge on any atom is -0.355 e. The zero-order valence-electron chi connectivity index (χ0n) is 14.8. The van der Waals surface area contributed by atoms with Crippen molar-refractivity contribution in [2.24, 2.45) is 5.14 Å². The van der Waals surface area contributed by atoms with Crippen molar-refractivity contribution in [3.63, 3.8) is 0 Å². The van der Waals surface area contributed by atoms with Crippen LogP contribution in [0.25, 0.3) is 0 Å². The molecule has 0 fully saturated rings. The Morgan fingerprint density at radius 2 is 1.64 bits per heavy atom. The van der Waals surface area contributed by atoms with Gasteiger partial charge in [-0.2, -0.15) is 0 Å². The number of nitrogens with one attached hydrogen (secondary N) is 1. The zero-order valence-corrected chi connectivity index (χ0v) is 15.6. The SMILES string of the molecule is CCCN(CCC)C(=O)CC(=O)NCCc1ccc(S(N)(=O)=O)cc1. The van der Waals surface area contributed by atoms with Crippen LogP contribution in [0.1, 0.15) is 38.7 Å². The second kappa shape index (κ2) is 10.1. The van der Waals surface area contributed by atoms with Crippen molar-refractivity contribution < 1.29 is 18.0 Å². The molecule has 7 nitrogen and oxygen atoms in total. The summed E-state index contributed by atoms with van der Waals surface area (Å²) in [7, 11) is -3.70. The van der Waals surface area contributed by atoms with Crippen LogP contribution in [0.4, 0.5) is 0 Å². The smallest absolute Gasteiger partial charge is 0.238 e. The van der Waals surface area contributed by atoms with Crippen molar-refractivity contribution in [3.8, 4) is 0 Å². The first-order valence-electron chi connectivity index (χ1n) is 8.44. The molecule has 25 heavy (non-hydrogen) atoms. The Morgan fingerprint density at radius 3 is 2.12 bits per heavy atom. The first-order valence-corrected chi connectivity index (χ1v) is 9.98. The Labute approximate surface area is 149 Å². The fraction of sp³-hybridized carbons (Fsp3) is 0.529. The molecule has 0 saturated carbocycles. The van der Waals surface area contributed by atoms with Gasteiger partial charge in [-0.25, -0.2) is 13.6 Å². The number of carbonyl (C=O) groups is 2. The molecular weight excluding hydrogens is 342 g/mol. The van der Waals surface area contributed by atoms with E-state index < -0.39 is 10.0 Å². The van der Waals surface area contributed by atoms with E-state index in [9.17, 15) is 18.0 Å². The van der Waals surface area contributed by atoms with Crippen molar-refractivity contribution in [1.29, 1.82) is 0 Å². The minimum absolute atomic E-state index is 0.0535. The molecule has 1 aromatic rings. The highest BCUT2D eigenvalue weighted by Crippen LogP contribution is 2.09. The summed E-state index contributed by atoms with van der Waals surface area (Å²) in [5.74, 6) is -0.456. The normalized spacial score (nSPS) is 11.2. The number of primary sulfonamides is 1. The Balaban J connectivity index is 2.42. The third kappa shape index (κ3) is 7.66. The third-order valence-corrected chi connectivity index (χ3v) is 4.57. The first-order chi connectivity index (χ1) is 11.8. The monoisotopic (exact) mass is 369 g/mol. The lowest BCUT2D eigenvalue weighted by molar-refractivity contribution is -0.136. The van der Waals surface area contributed by atoms with Gasteiger partial charge < -0.3 is 10.2 Å². The summed E-state index contributed by atoms with van der Waals surface area (Å²) in [5, 5.41) is 7.76. The van der Waals surface area contributed by atoms with E-state index in [1.165, 1.54) is 12.1 Å². The van der Waals surface area contributed by atoms with Gasteiger partial charge >= 0.3 is 0 Å². The predicted molar refractivity (Wildman–Crippen MR) is 96.3 cm³/mol. The van der Waals surface area contributed by atoms with Crippen LogP contribution in [0.3, 0.4) is 0 Å². The molecular formula is C17H27N3O4S. The van der Waals surface area contributed by atoms with Gasteiger partial charge in [0.25, 0.3) is 0 Å². The summed E-state index contributed by atoms with van der Waals surface area (Å²) < 4.78 is 22.4. The summed E-state index contributed by atoms with van der Waals surface area (Å²) in [6.07, 6.45) is 2.12. The molecule has 0 spiro atoms.